The molecule has 2 N–H and O–H groups in total. The minimum absolute atomic E-state index is 0.467. The minimum atomic E-state index is 0.467. The number of thiocarbonyl (C=S) groups is 1. The molecule has 6 heteroatoms. The topological polar surface area (TPSA) is 42.5 Å². The third kappa shape index (κ3) is 5.61. The summed E-state index contributed by atoms with van der Waals surface area (Å²) in [5.41, 5.74) is 2.77. The lowest BCUT2D eigenvalue weighted by Crippen LogP contribution is -2.18. The average Bonchev–Trinajstić information content (AvgIpc) is 2.68. The molecule has 0 amide bonds. The Morgan fingerprint density at radius 1 is 0.926 bits per heavy atom. The maximum absolute atomic E-state index is 6.12. The van der Waals surface area contributed by atoms with Crippen molar-refractivity contribution in [1.82, 2.24) is 0 Å². The zero-order valence-corrected chi connectivity index (χ0v) is 16.3. The van der Waals surface area contributed by atoms with Crippen molar-refractivity contribution in [3.63, 3.8) is 0 Å². The van der Waals surface area contributed by atoms with Gasteiger partial charge in [0.1, 0.15) is 18.1 Å². The van der Waals surface area contributed by atoms with E-state index in [-0.39, 0.29) is 0 Å². The van der Waals surface area contributed by atoms with Crippen LogP contribution in [0.15, 0.2) is 72.8 Å². The fourth-order valence-corrected chi connectivity index (χ4v) is 2.91. The van der Waals surface area contributed by atoms with Crippen LogP contribution < -0.4 is 20.1 Å². The summed E-state index contributed by atoms with van der Waals surface area (Å²) in [6.07, 6.45) is 0. The van der Waals surface area contributed by atoms with Gasteiger partial charge in [0.15, 0.2) is 5.11 Å². The molecule has 0 aromatic heterocycles. The van der Waals surface area contributed by atoms with Gasteiger partial charge in [-0.1, -0.05) is 41.9 Å². The van der Waals surface area contributed by atoms with Crippen molar-refractivity contribution in [1.29, 1.82) is 0 Å². The highest BCUT2D eigenvalue weighted by molar-refractivity contribution is 7.80. The molecule has 4 nitrogen and oxygen atoms in total. The number of benzene rings is 3. The first-order valence-electron chi connectivity index (χ1n) is 8.32. The Bertz CT molecular complexity index is 902. The standard InChI is InChI=1S/C21H19ClN2O2S/c1-25-20-12-9-17(13-19(20)22)24-21(27)23-16-7-10-18(11-8-16)26-14-15-5-3-2-4-6-15/h2-13H,14H2,1H3,(H2,23,24,27). The van der Waals surface area contributed by atoms with Crippen LogP contribution in [0.25, 0.3) is 0 Å². The summed E-state index contributed by atoms with van der Waals surface area (Å²) in [6.45, 7) is 0.534. The third-order valence-corrected chi connectivity index (χ3v) is 4.27. The van der Waals surface area contributed by atoms with Crippen molar-refractivity contribution in [2.75, 3.05) is 17.7 Å². The summed E-state index contributed by atoms with van der Waals surface area (Å²) in [4.78, 5) is 0. The van der Waals surface area contributed by atoms with Gasteiger partial charge in [0.2, 0.25) is 0 Å². The van der Waals surface area contributed by atoms with E-state index in [1.165, 1.54) is 0 Å². The van der Waals surface area contributed by atoms with Crippen molar-refractivity contribution in [2.45, 2.75) is 6.61 Å². The van der Waals surface area contributed by atoms with Crippen LogP contribution in [0.2, 0.25) is 5.02 Å². The van der Waals surface area contributed by atoms with Crippen LogP contribution >= 0.6 is 23.8 Å². The van der Waals surface area contributed by atoms with Gasteiger partial charge in [-0.15, -0.1) is 0 Å². The summed E-state index contributed by atoms with van der Waals surface area (Å²) in [5, 5.41) is 7.21. The van der Waals surface area contributed by atoms with Crippen LogP contribution in [0.3, 0.4) is 0 Å². The Balaban J connectivity index is 1.53. The van der Waals surface area contributed by atoms with Crippen LogP contribution in [0.1, 0.15) is 5.56 Å². The zero-order valence-electron chi connectivity index (χ0n) is 14.7. The zero-order chi connectivity index (χ0) is 19.1. The van der Waals surface area contributed by atoms with Crippen LogP contribution in [-0.2, 0) is 6.61 Å². The second kappa shape index (κ2) is 9.26. The Labute approximate surface area is 169 Å². The molecular weight excluding hydrogens is 380 g/mol. The molecule has 0 fully saturated rings. The Morgan fingerprint density at radius 3 is 2.26 bits per heavy atom. The van der Waals surface area contributed by atoms with E-state index in [1.54, 1.807) is 19.2 Å². The van der Waals surface area contributed by atoms with E-state index in [1.807, 2.05) is 60.7 Å². The van der Waals surface area contributed by atoms with E-state index in [9.17, 15) is 0 Å². The maximum atomic E-state index is 6.12. The lowest BCUT2D eigenvalue weighted by molar-refractivity contribution is 0.306. The van der Waals surface area contributed by atoms with E-state index >= 15 is 0 Å². The number of nitrogens with one attached hydrogen (secondary N) is 2. The summed E-state index contributed by atoms with van der Waals surface area (Å²) < 4.78 is 10.9. The molecule has 0 heterocycles. The average molecular weight is 399 g/mol. The Morgan fingerprint density at radius 2 is 1.59 bits per heavy atom. The van der Waals surface area contributed by atoms with Gasteiger partial charge in [0.25, 0.3) is 0 Å². The van der Waals surface area contributed by atoms with E-state index in [2.05, 4.69) is 10.6 Å². The second-order valence-electron chi connectivity index (χ2n) is 5.73. The van der Waals surface area contributed by atoms with Gasteiger partial charge < -0.3 is 20.1 Å². The summed E-state index contributed by atoms with van der Waals surface area (Å²) >= 11 is 11.5. The number of hydrogen-bond acceptors (Lipinski definition) is 3. The monoisotopic (exact) mass is 398 g/mol. The SMILES string of the molecule is COc1ccc(NC(=S)Nc2ccc(OCc3ccccc3)cc2)cc1Cl. The van der Waals surface area contributed by atoms with Crippen molar-refractivity contribution in [3.8, 4) is 11.5 Å². The van der Waals surface area contributed by atoms with E-state index < -0.39 is 0 Å². The lowest BCUT2D eigenvalue weighted by Gasteiger charge is -2.12. The van der Waals surface area contributed by atoms with Gasteiger partial charge in [-0.2, -0.15) is 0 Å². The molecule has 3 aromatic rings. The first-order chi connectivity index (χ1) is 13.1. The van der Waals surface area contributed by atoms with Crippen molar-refractivity contribution in [3.05, 3.63) is 83.4 Å². The molecule has 0 bridgehead atoms. The van der Waals surface area contributed by atoms with Gasteiger partial charge in [0.05, 0.1) is 12.1 Å². The fourth-order valence-electron chi connectivity index (χ4n) is 2.41. The van der Waals surface area contributed by atoms with E-state index in [0.29, 0.717) is 22.5 Å². The molecule has 0 spiro atoms. The predicted molar refractivity (Wildman–Crippen MR) is 115 cm³/mol. The molecule has 3 rings (SSSR count). The van der Waals surface area contributed by atoms with Crippen LogP contribution in [0, 0.1) is 0 Å². The smallest absolute Gasteiger partial charge is 0.175 e. The number of methoxy groups -OCH3 is 1. The second-order valence-corrected chi connectivity index (χ2v) is 6.54. The highest BCUT2D eigenvalue weighted by Gasteiger charge is 2.04. The molecule has 27 heavy (non-hydrogen) atoms. The molecule has 3 aromatic carbocycles. The first-order valence-corrected chi connectivity index (χ1v) is 9.11. The predicted octanol–water partition coefficient (Wildman–Crippen LogP) is 5.74. The summed E-state index contributed by atoms with van der Waals surface area (Å²) in [7, 11) is 1.58. The fraction of sp³-hybridized carbons (Fsp3) is 0.0952. The van der Waals surface area contributed by atoms with Crippen molar-refractivity contribution < 1.29 is 9.47 Å². The molecule has 0 atom stereocenters. The minimum Gasteiger partial charge on any atom is -0.495 e. The Kier molecular flexibility index (Phi) is 6.52. The van der Waals surface area contributed by atoms with E-state index in [0.717, 1.165) is 22.7 Å². The first kappa shape index (κ1) is 19.0. The summed E-state index contributed by atoms with van der Waals surface area (Å²) in [5.74, 6) is 1.41. The van der Waals surface area contributed by atoms with Crippen LogP contribution in [0.4, 0.5) is 11.4 Å². The van der Waals surface area contributed by atoms with Crippen LogP contribution in [0.5, 0.6) is 11.5 Å². The number of ether oxygens (including phenoxy) is 2. The van der Waals surface area contributed by atoms with Gasteiger partial charge in [-0.25, -0.2) is 0 Å². The van der Waals surface area contributed by atoms with Gasteiger partial charge in [0, 0.05) is 11.4 Å². The Hall–Kier alpha value is -2.76. The molecular formula is C21H19ClN2O2S. The van der Waals surface area contributed by atoms with E-state index in [4.69, 9.17) is 33.3 Å². The molecule has 0 aliphatic rings. The molecule has 0 radical (unpaired) electrons. The van der Waals surface area contributed by atoms with Gasteiger partial charge in [-0.05, 0) is 60.2 Å². The normalized spacial score (nSPS) is 10.1. The van der Waals surface area contributed by atoms with Gasteiger partial charge >= 0.3 is 0 Å². The van der Waals surface area contributed by atoms with Crippen molar-refractivity contribution >= 4 is 40.3 Å². The number of halogens is 1. The molecule has 0 saturated heterocycles. The number of rotatable bonds is 6. The number of anilines is 2. The molecule has 0 aliphatic carbocycles. The largest absolute Gasteiger partial charge is 0.495 e. The van der Waals surface area contributed by atoms with Gasteiger partial charge in [-0.3, -0.25) is 0 Å². The maximum Gasteiger partial charge on any atom is 0.175 e. The third-order valence-electron chi connectivity index (χ3n) is 3.77. The quantitative estimate of drug-likeness (QED) is 0.518. The van der Waals surface area contributed by atoms with Crippen molar-refractivity contribution in [2.24, 2.45) is 0 Å². The molecule has 0 unspecified atom stereocenters. The molecule has 0 aliphatic heterocycles. The highest BCUT2D eigenvalue weighted by Crippen LogP contribution is 2.27. The molecule has 138 valence electrons. The summed E-state index contributed by atoms with van der Waals surface area (Å²) in [6, 6.07) is 23.1. The highest BCUT2D eigenvalue weighted by atomic mass is 35.5. The van der Waals surface area contributed by atoms with Crippen LogP contribution in [-0.4, -0.2) is 12.2 Å². The number of hydrogen-bond donors (Lipinski definition) is 2. The lowest BCUT2D eigenvalue weighted by atomic mass is 10.2. The molecule has 0 saturated carbocycles.